The maximum absolute atomic E-state index is 5.04. The maximum atomic E-state index is 5.04. The molecule has 1 aliphatic carbocycles. The average Bonchev–Trinajstić information content (AvgIpc) is 2.05. The quantitative estimate of drug-likeness (QED) is 0.566. The number of hydrogen-bond donors (Lipinski definition) is 0. The molecule has 0 heterocycles. The van der Waals surface area contributed by atoms with Gasteiger partial charge >= 0.3 is 49.5 Å². The van der Waals surface area contributed by atoms with Crippen LogP contribution in [0.5, 0.6) is 0 Å². The van der Waals surface area contributed by atoms with Crippen LogP contribution in [0.4, 0.5) is 0 Å². The third kappa shape index (κ3) is 9.82. The van der Waals surface area contributed by atoms with Crippen molar-refractivity contribution in [3.8, 4) is 0 Å². The molecule has 0 aromatic carbocycles. The summed E-state index contributed by atoms with van der Waals surface area (Å²) in [5.41, 5.74) is 4.19. The predicted molar refractivity (Wildman–Crippen MR) is 59.8 cm³/mol. The molecule has 0 unspecified atom stereocenters. The van der Waals surface area contributed by atoms with Crippen molar-refractivity contribution in [3.63, 3.8) is 0 Å². The van der Waals surface area contributed by atoms with Gasteiger partial charge in [-0.1, -0.05) is 22.8 Å². The molecule has 0 saturated carbocycles. The fraction of sp³-hybridized carbons (Fsp3) is 0.375. The molecule has 1 rings (SSSR count). The van der Waals surface area contributed by atoms with Gasteiger partial charge in [0.25, 0.3) is 0 Å². The number of hydrogen-bond acceptors (Lipinski definition) is 0. The Labute approximate surface area is 98.5 Å². The summed E-state index contributed by atoms with van der Waals surface area (Å²) in [7, 11) is 20.1. The molecule has 0 amide bonds. The van der Waals surface area contributed by atoms with Crippen molar-refractivity contribution in [1.29, 1.82) is 0 Å². The van der Waals surface area contributed by atoms with Crippen LogP contribution in [-0.2, 0) is 15.5 Å². The summed E-state index contributed by atoms with van der Waals surface area (Å²) in [4.78, 5) is 0. The van der Waals surface area contributed by atoms with Gasteiger partial charge in [0.05, 0.1) is 0 Å². The van der Waals surface area contributed by atoms with Crippen molar-refractivity contribution >= 4 is 34.1 Å². The monoisotopic (exact) mass is 337 g/mol. The van der Waals surface area contributed by atoms with Crippen LogP contribution in [0.15, 0.2) is 22.8 Å². The van der Waals surface area contributed by atoms with E-state index in [4.69, 9.17) is 34.1 Å². The van der Waals surface area contributed by atoms with Crippen LogP contribution in [-0.4, -0.2) is 0 Å². The first-order valence-corrected chi connectivity index (χ1v) is 16.3. The van der Waals surface area contributed by atoms with Crippen molar-refractivity contribution < 1.29 is 15.5 Å². The van der Waals surface area contributed by atoms with Crippen molar-refractivity contribution in [2.45, 2.75) is 20.8 Å². The van der Waals surface area contributed by atoms with Gasteiger partial charge in [-0.2, -0.15) is 0 Å². The minimum absolute atomic E-state index is 1.38. The van der Waals surface area contributed by atoms with Crippen LogP contribution in [0.25, 0.3) is 0 Å². The van der Waals surface area contributed by atoms with Gasteiger partial charge in [-0.15, -0.1) is 0 Å². The predicted octanol–water partition coefficient (Wildman–Crippen LogP) is 5.24. The van der Waals surface area contributed by atoms with Crippen molar-refractivity contribution in [2.24, 2.45) is 0 Å². The van der Waals surface area contributed by atoms with E-state index in [1.165, 1.54) is 16.7 Å². The Morgan fingerprint density at radius 3 is 1.38 bits per heavy atom. The van der Waals surface area contributed by atoms with Gasteiger partial charge in [0.15, 0.2) is 0 Å². The van der Waals surface area contributed by atoms with Gasteiger partial charge in [-0.25, -0.2) is 0 Å². The van der Waals surface area contributed by atoms with Crippen molar-refractivity contribution in [1.82, 2.24) is 0 Å². The molecule has 0 atom stereocenters. The van der Waals surface area contributed by atoms with Crippen LogP contribution in [0.3, 0.4) is 0 Å². The van der Waals surface area contributed by atoms with E-state index < -0.39 is 15.5 Å². The summed E-state index contributed by atoms with van der Waals surface area (Å²) in [6.45, 7) is 6.41. The SMILES string of the molecule is CC1=CC(C)=C(C)[CH]1.[Cl][Zr]([Cl])([Cl])[Cl]. The second-order valence-corrected chi connectivity index (χ2v) is 25.2. The van der Waals surface area contributed by atoms with Crippen molar-refractivity contribution in [2.75, 3.05) is 0 Å². The average molecular weight is 340 g/mol. The standard InChI is InChI=1S/C8H11.4ClH.Zr/c1-6-4-7(2)8(3)5-6;;;;;/h4-5H,1-3H3;4*1H;/q;;;;;+4/p-4. The van der Waals surface area contributed by atoms with Crippen LogP contribution in [0.2, 0.25) is 0 Å². The Kier molecular flexibility index (Phi) is 6.91. The molecule has 0 aliphatic heterocycles. The van der Waals surface area contributed by atoms with Crippen LogP contribution in [0.1, 0.15) is 20.8 Å². The van der Waals surface area contributed by atoms with Gasteiger partial charge < -0.3 is 0 Å². The molecule has 1 aliphatic rings. The van der Waals surface area contributed by atoms with E-state index in [1.54, 1.807) is 0 Å². The minimum atomic E-state index is -3.29. The molecule has 0 spiro atoms. The zero-order valence-electron chi connectivity index (χ0n) is 7.67. The normalized spacial score (nSPS) is 16.7. The fourth-order valence-electron chi connectivity index (χ4n) is 0.952. The Balaban J connectivity index is 0.000000252. The van der Waals surface area contributed by atoms with Gasteiger partial charge in [0.2, 0.25) is 0 Å². The molecule has 0 N–H and O–H groups in total. The van der Waals surface area contributed by atoms with E-state index in [9.17, 15) is 0 Å². The summed E-state index contributed by atoms with van der Waals surface area (Å²) in [5.74, 6) is 0. The van der Waals surface area contributed by atoms with Gasteiger partial charge in [-0.05, 0) is 20.8 Å². The molecule has 0 aromatic heterocycles. The molecule has 75 valence electrons. The topological polar surface area (TPSA) is 0 Å². The molecule has 13 heavy (non-hydrogen) atoms. The molecule has 0 fully saturated rings. The second-order valence-electron chi connectivity index (χ2n) is 2.83. The molecule has 1 radical (unpaired) electrons. The molecule has 0 nitrogen and oxygen atoms in total. The Morgan fingerprint density at radius 2 is 1.31 bits per heavy atom. The van der Waals surface area contributed by atoms with Gasteiger partial charge in [-0.3, -0.25) is 0 Å². The van der Waals surface area contributed by atoms with E-state index >= 15 is 0 Å². The van der Waals surface area contributed by atoms with Crippen LogP contribution >= 0.6 is 34.1 Å². The Bertz CT molecular complexity index is 231. The van der Waals surface area contributed by atoms with E-state index in [1.807, 2.05) is 0 Å². The number of allylic oxidation sites excluding steroid dienone is 4. The summed E-state index contributed by atoms with van der Waals surface area (Å²) in [5, 5.41) is 0. The zero-order chi connectivity index (χ0) is 10.6. The number of halogens is 4. The molecule has 0 aromatic rings. The summed E-state index contributed by atoms with van der Waals surface area (Å²) in [6, 6.07) is 0. The molecule has 0 saturated heterocycles. The third-order valence-electron chi connectivity index (χ3n) is 1.51. The zero-order valence-corrected chi connectivity index (χ0v) is 13.1. The second kappa shape index (κ2) is 6.18. The molecular formula is C8H11Cl4Zr. The molecule has 0 bridgehead atoms. The number of rotatable bonds is 0. The first kappa shape index (κ1) is 14.5. The first-order chi connectivity index (χ1) is 5.70. The van der Waals surface area contributed by atoms with Crippen LogP contribution < -0.4 is 0 Å². The fourth-order valence-corrected chi connectivity index (χ4v) is 0.952. The van der Waals surface area contributed by atoms with E-state index in [0.29, 0.717) is 0 Å². The van der Waals surface area contributed by atoms with E-state index in [2.05, 4.69) is 33.3 Å². The molecule has 5 heteroatoms. The Morgan fingerprint density at radius 1 is 0.923 bits per heavy atom. The van der Waals surface area contributed by atoms with Gasteiger partial charge in [0, 0.05) is 6.42 Å². The third-order valence-corrected chi connectivity index (χ3v) is 1.51. The Hall–Kier alpha value is 1.52. The van der Waals surface area contributed by atoms with Crippen molar-refractivity contribution in [3.05, 3.63) is 29.2 Å². The summed E-state index contributed by atoms with van der Waals surface area (Å²) < 4.78 is 0. The molecular weight excluding hydrogens is 329 g/mol. The first-order valence-electron chi connectivity index (χ1n) is 3.66. The van der Waals surface area contributed by atoms with E-state index in [0.717, 1.165) is 0 Å². The summed E-state index contributed by atoms with van der Waals surface area (Å²) >= 11 is -3.29. The van der Waals surface area contributed by atoms with Gasteiger partial charge in [0.1, 0.15) is 0 Å². The summed E-state index contributed by atoms with van der Waals surface area (Å²) in [6.07, 6.45) is 4.41. The van der Waals surface area contributed by atoms with E-state index in [-0.39, 0.29) is 0 Å². The van der Waals surface area contributed by atoms with Crippen LogP contribution in [0, 0.1) is 6.42 Å².